The van der Waals surface area contributed by atoms with Crippen LogP contribution in [0.1, 0.15) is 16.2 Å². The fraction of sp³-hybridized carbons (Fsp3) is 0.0476. The van der Waals surface area contributed by atoms with Crippen LogP contribution in [-0.4, -0.2) is 30.8 Å². The fourth-order valence-electron chi connectivity index (χ4n) is 3.09. The Morgan fingerprint density at radius 1 is 1.13 bits per heavy atom. The van der Waals surface area contributed by atoms with Crippen LogP contribution in [0, 0.1) is 17.0 Å². The minimum absolute atomic E-state index is 0.156. The van der Waals surface area contributed by atoms with Gasteiger partial charge in [0.05, 0.1) is 10.6 Å². The lowest BCUT2D eigenvalue weighted by atomic mass is 10.1. The molecule has 0 atom stereocenters. The highest BCUT2D eigenvalue weighted by Gasteiger charge is 2.20. The van der Waals surface area contributed by atoms with Gasteiger partial charge in [0.15, 0.2) is 5.69 Å². The van der Waals surface area contributed by atoms with Crippen LogP contribution in [0.3, 0.4) is 0 Å². The number of H-pyrrole nitrogens is 1. The first-order chi connectivity index (χ1) is 14.9. The number of carbonyl (C=O) groups excluding carboxylic acids is 1. The predicted octanol–water partition coefficient (Wildman–Crippen LogP) is 3.09. The standard InChI is InChI=1S/C21H16N6O4/c1-13-12-19(28)20(25-26(13)17-4-2-3-5-18(17)27(30)31)21(29)23-15-8-6-14(7-9-15)16-10-11-22-24-16/h2-12H,1H3,(H,22,24)(H,23,29). The van der Waals surface area contributed by atoms with E-state index in [0.29, 0.717) is 11.4 Å². The number of hydrogen-bond donors (Lipinski definition) is 2. The molecule has 31 heavy (non-hydrogen) atoms. The number of amides is 1. The Hall–Kier alpha value is -4.60. The van der Waals surface area contributed by atoms with E-state index in [1.54, 1.807) is 43.5 Å². The molecule has 0 spiro atoms. The van der Waals surface area contributed by atoms with Crippen LogP contribution in [0.5, 0.6) is 0 Å². The summed E-state index contributed by atoms with van der Waals surface area (Å²) >= 11 is 0. The van der Waals surface area contributed by atoms with Gasteiger partial charge >= 0.3 is 0 Å². The Kier molecular flexibility index (Phi) is 5.10. The molecule has 2 aromatic heterocycles. The zero-order valence-corrected chi connectivity index (χ0v) is 16.3. The van der Waals surface area contributed by atoms with Gasteiger partial charge in [-0.2, -0.15) is 10.2 Å². The smallest absolute Gasteiger partial charge is 0.294 e. The number of para-hydroxylation sites is 2. The lowest BCUT2D eigenvalue weighted by Crippen LogP contribution is -2.27. The lowest BCUT2D eigenvalue weighted by Gasteiger charge is -2.11. The summed E-state index contributed by atoms with van der Waals surface area (Å²) in [5.41, 5.74) is 1.53. The Morgan fingerprint density at radius 2 is 1.87 bits per heavy atom. The lowest BCUT2D eigenvalue weighted by molar-refractivity contribution is -0.384. The summed E-state index contributed by atoms with van der Waals surface area (Å²) < 4.78 is 1.22. The largest absolute Gasteiger partial charge is 0.320 e. The number of nitrogens with zero attached hydrogens (tertiary/aromatic N) is 4. The number of hydrogen-bond acceptors (Lipinski definition) is 6. The Balaban J connectivity index is 1.66. The highest BCUT2D eigenvalue weighted by molar-refractivity contribution is 6.02. The first-order valence-electron chi connectivity index (χ1n) is 9.20. The van der Waals surface area contributed by atoms with Gasteiger partial charge in [-0.1, -0.05) is 24.3 Å². The van der Waals surface area contributed by atoms with Gasteiger partial charge in [-0.05, 0) is 36.8 Å². The van der Waals surface area contributed by atoms with Crippen molar-refractivity contribution in [3.8, 4) is 16.9 Å². The molecule has 0 bridgehead atoms. The van der Waals surface area contributed by atoms with Crippen molar-refractivity contribution in [1.82, 2.24) is 20.0 Å². The highest BCUT2D eigenvalue weighted by atomic mass is 16.6. The van der Waals surface area contributed by atoms with Crippen LogP contribution in [0.25, 0.3) is 16.9 Å². The fourth-order valence-corrected chi connectivity index (χ4v) is 3.09. The summed E-state index contributed by atoms with van der Waals surface area (Å²) in [6, 6.07) is 16.0. The minimum Gasteiger partial charge on any atom is -0.320 e. The molecule has 2 heterocycles. The summed E-state index contributed by atoms with van der Waals surface area (Å²) in [5.74, 6) is -0.716. The van der Waals surface area contributed by atoms with Gasteiger partial charge in [0, 0.05) is 29.7 Å². The van der Waals surface area contributed by atoms with E-state index in [9.17, 15) is 19.7 Å². The molecule has 1 amide bonds. The average molecular weight is 416 g/mol. The second kappa shape index (κ2) is 8.03. The molecule has 2 aromatic carbocycles. The molecule has 0 aliphatic heterocycles. The Morgan fingerprint density at radius 3 is 2.55 bits per heavy atom. The molecular formula is C21H16N6O4. The molecule has 0 aliphatic carbocycles. The maximum atomic E-state index is 12.7. The van der Waals surface area contributed by atoms with E-state index in [0.717, 1.165) is 11.3 Å². The number of aromatic nitrogens is 4. The number of nitro benzene ring substituents is 1. The summed E-state index contributed by atoms with van der Waals surface area (Å²) in [4.78, 5) is 35.9. The SMILES string of the molecule is Cc1cc(=O)c(C(=O)Nc2ccc(-c3ccn[nH]3)cc2)nn1-c1ccccc1[N+](=O)[O-]. The number of rotatable bonds is 5. The van der Waals surface area contributed by atoms with Crippen molar-refractivity contribution in [2.45, 2.75) is 6.92 Å². The number of nitro groups is 1. The molecular weight excluding hydrogens is 400 g/mol. The van der Waals surface area contributed by atoms with Crippen molar-refractivity contribution in [2.75, 3.05) is 5.32 Å². The monoisotopic (exact) mass is 416 g/mol. The maximum absolute atomic E-state index is 12.7. The van der Waals surface area contributed by atoms with Crippen LogP contribution in [0.15, 0.2) is 71.7 Å². The summed E-state index contributed by atoms with van der Waals surface area (Å²) in [7, 11) is 0. The van der Waals surface area contributed by atoms with E-state index in [4.69, 9.17) is 0 Å². The zero-order chi connectivity index (χ0) is 22.0. The van der Waals surface area contributed by atoms with Gasteiger partial charge in [0.2, 0.25) is 5.43 Å². The molecule has 4 aromatic rings. The summed E-state index contributed by atoms with van der Waals surface area (Å²) in [6.45, 7) is 1.58. The first-order valence-corrected chi connectivity index (χ1v) is 9.20. The average Bonchev–Trinajstić information content (AvgIpc) is 3.29. The number of aryl methyl sites for hydroxylation is 1. The Bertz CT molecular complexity index is 1330. The molecule has 2 N–H and O–H groups in total. The number of anilines is 1. The van der Waals surface area contributed by atoms with Crippen molar-refractivity contribution in [1.29, 1.82) is 0 Å². The maximum Gasteiger partial charge on any atom is 0.294 e. The van der Waals surface area contributed by atoms with E-state index in [1.165, 1.54) is 28.9 Å². The van der Waals surface area contributed by atoms with Crippen molar-refractivity contribution in [2.24, 2.45) is 0 Å². The van der Waals surface area contributed by atoms with Crippen LogP contribution in [-0.2, 0) is 0 Å². The third-order valence-electron chi connectivity index (χ3n) is 4.58. The molecule has 0 aliphatic rings. The molecule has 0 fully saturated rings. The van der Waals surface area contributed by atoms with Gasteiger partial charge in [0.1, 0.15) is 5.69 Å². The predicted molar refractivity (Wildman–Crippen MR) is 113 cm³/mol. The number of carbonyl (C=O) groups is 1. The van der Waals surface area contributed by atoms with Crippen LogP contribution >= 0.6 is 0 Å². The third kappa shape index (κ3) is 3.94. The quantitative estimate of drug-likeness (QED) is 0.379. The van der Waals surface area contributed by atoms with Crippen LogP contribution < -0.4 is 10.7 Å². The number of benzene rings is 2. The summed E-state index contributed by atoms with van der Waals surface area (Å²) in [6.07, 6.45) is 1.64. The first kappa shape index (κ1) is 19.7. The second-order valence-electron chi connectivity index (χ2n) is 6.66. The van der Waals surface area contributed by atoms with E-state index in [2.05, 4.69) is 20.6 Å². The van der Waals surface area contributed by atoms with Crippen molar-refractivity contribution in [3.05, 3.63) is 98.6 Å². The molecule has 4 rings (SSSR count). The highest BCUT2D eigenvalue weighted by Crippen LogP contribution is 2.22. The van der Waals surface area contributed by atoms with Gasteiger partial charge in [0.25, 0.3) is 11.6 Å². The van der Waals surface area contributed by atoms with E-state index in [-0.39, 0.29) is 17.1 Å². The molecule has 0 saturated heterocycles. The van der Waals surface area contributed by atoms with Crippen molar-refractivity contribution in [3.63, 3.8) is 0 Å². The zero-order valence-electron chi connectivity index (χ0n) is 16.3. The molecule has 10 heteroatoms. The minimum atomic E-state index is -0.716. The van der Waals surface area contributed by atoms with Crippen molar-refractivity contribution >= 4 is 17.3 Å². The molecule has 10 nitrogen and oxygen atoms in total. The van der Waals surface area contributed by atoms with Crippen molar-refractivity contribution < 1.29 is 9.72 Å². The summed E-state index contributed by atoms with van der Waals surface area (Å²) in [5, 5.41) is 24.9. The van der Waals surface area contributed by atoms with Crippen LogP contribution in [0.4, 0.5) is 11.4 Å². The topological polar surface area (TPSA) is 136 Å². The molecule has 154 valence electrons. The molecule has 0 unspecified atom stereocenters. The third-order valence-corrected chi connectivity index (χ3v) is 4.58. The van der Waals surface area contributed by atoms with Gasteiger partial charge in [-0.15, -0.1) is 0 Å². The normalized spacial score (nSPS) is 10.6. The second-order valence-corrected chi connectivity index (χ2v) is 6.66. The molecule has 0 radical (unpaired) electrons. The van der Waals surface area contributed by atoms with Gasteiger partial charge in [-0.3, -0.25) is 24.8 Å². The number of nitrogens with one attached hydrogen (secondary N) is 2. The van der Waals surface area contributed by atoms with Gasteiger partial charge < -0.3 is 5.32 Å². The van der Waals surface area contributed by atoms with Crippen LogP contribution in [0.2, 0.25) is 0 Å². The van der Waals surface area contributed by atoms with E-state index < -0.39 is 16.3 Å². The van der Waals surface area contributed by atoms with E-state index >= 15 is 0 Å². The molecule has 0 saturated carbocycles. The van der Waals surface area contributed by atoms with E-state index in [1.807, 2.05) is 6.07 Å². The number of aromatic amines is 1. The van der Waals surface area contributed by atoms with Gasteiger partial charge in [-0.25, -0.2) is 4.68 Å². The Labute approximate surface area is 175 Å².